The molecule has 11 heteroatoms. The van der Waals surface area contributed by atoms with Gasteiger partial charge in [-0.05, 0) is 31.2 Å². The first-order valence-electron chi connectivity index (χ1n) is 9.89. The third kappa shape index (κ3) is 3.38. The summed E-state index contributed by atoms with van der Waals surface area (Å²) in [6.07, 6.45) is 1.46. The normalized spacial score (nSPS) is 12.6. The van der Waals surface area contributed by atoms with Crippen molar-refractivity contribution in [1.82, 2.24) is 24.1 Å². The number of fused-ring (bicyclic) bond motifs is 3. The lowest BCUT2D eigenvalue weighted by Gasteiger charge is -2.19. The molecule has 0 aliphatic rings. The first-order chi connectivity index (χ1) is 15.9. The number of hydrogen-bond acceptors (Lipinski definition) is 6. The van der Waals surface area contributed by atoms with Gasteiger partial charge in [-0.15, -0.1) is 0 Å². The van der Waals surface area contributed by atoms with Gasteiger partial charge in [0.05, 0.1) is 34.3 Å². The second-order valence-corrected chi connectivity index (χ2v) is 7.85. The summed E-state index contributed by atoms with van der Waals surface area (Å²) >= 11 is 6.46. The second-order valence-electron chi connectivity index (χ2n) is 7.45. The van der Waals surface area contributed by atoms with Crippen molar-refractivity contribution in [2.24, 2.45) is 0 Å². The average molecular weight is 472 g/mol. The van der Waals surface area contributed by atoms with Crippen LogP contribution in [0.5, 0.6) is 0 Å². The van der Waals surface area contributed by atoms with Crippen LogP contribution in [0.25, 0.3) is 39.5 Å². The fraction of sp³-hybridized carbons (Fsp3) is 0.182. The van der Waals surface area contributed by atoms with E-state index in [0.29, 0.717) is 16.1 Å². The Kier molecular flexibility index (Phi) is 5.18. The molecule has 0 aliphatic heterocycles. The molecule has 3 aromatic heterocycles. The molecule has 0 aliphatic carbocycles. The highest BCUT2D eigenvalue weighted by molar-refractivity contribution is 6.35. The minimum Gasteiger partial charge on any atom is -0.383 e. The molecule has 0 saturated carbocycles. The monoisotopic (exact) mass is 471 g/mol. The predicted molar refractivity (Wildman–Crippen MR) is 117 cm³/mol. The van der Waals surface area contributed by atoms with Gasteiger partial charge in [-0.25, -0.2) is 13.8 Å². The summed E-state index contributed by atoms with van der Waals surface area (Å²) < 4.78 is 41.0. The van der Waals surface area contributed by atoms with Crippen molar-refractivity contribution in [1.29, 1.82) is 0 Å². The van der Waals surface area contributed by atoms with Crippen molar-refractivity contribution in [2.75, 3.05) is 13.7 Å². The Morgan fingerprint density at radius 2 is 2.03 bits per heavy atom. The zero-order valence-electron chi connectivity index (χ0n) is 17.4. The number of aromatic nitrogens is 5. The standard InChI is InChI=1S/C22H16ClF2N5O3/c1-11(9-32-2)30-18-14(23)4-3-5-16(18)29-10-26-17(19(29)22(30)31)20-27-21(33-28-20)13-7-6-12(24)8-15(13)25/h3-8,10-11H,9H2,1-2H3. The molecule has 0 spiro atoms. The minimum absolute atomic E-state index is 0.0133. The highest BCUT2D eigenvalue weighted by atomic mass is 35.5. The Morgan fingerprint density at radius 1 is 1.21 bits per heavy atom. The lowest BCUT2D eigenvalue weighted by molar-refractivity contribution is 0.162. The van der Waals surface area contributed by atoms with Crippen LogP contribution in [0.2, 0.25) is 5.02 Å². The summed E-state index contributed by atoms with van der Waals surface area (Å²) in [6.45, 7) is 2.11. The van der Waals surface area contributed by atoms with E-state index in [-0.39, 0.29) is 46.7 Å². The quantitative estimate of drug-likeness (QED) is 0.375. The maximum absolute atomic E-state index is 14.2. The number of benzene rings is 2. The number of para-hydroxylation sites is 1. The van der Waals surface area contributed by atoms with Crippen molar-refractivity contribution < 1.29 is 18.0 Å². The first-order valence-corrected chi connectivity index (χ1v) is 10.3. The van der Waals surface area contributed by atoms with Gasteiger partial charge in [0.1, 0.15) is 29.2 Å². The molecule has 0 radical (unpaired) electrons. The molecule has 1 atom stereocenters. The van der Waals surface area contributed by atoms with Crippen molar-refractivity contribution in [3.63, 3.8) is 0 Å². The van der Waals surface area contributed by atoms with Gasteiger partial charge in [0.15, 0.2) is 0 Å². The Bertz CT molecular complexity index is 1580. The number of ether oxygens (including phenoxy) is 1. The number of methoxy groups -OCH3 is 1. The number of hydrogen-bond donors (Lipinski definition) is 0. The van der Waals surface area contributed by atoms with Gasteiger partial charge in [-0.3, -0.25) is 13.8 Å². The summed E-state index contributed by atoms with van der Waals surface area (Å²) in [5.74, 6) is -1.76. The highest BCUT2D eigenvalue weighted by Crippen LogP contribution is 2.30. The van der Waals surface area contributed by atoms with Gasteiger partial charge in [-0.2, -0.15) is 4.98 Å². The van der Waals surface area contributed by atoms with Gasteiger partial charge in [0.2, 0.25) is 5.82 Å². The van der Waals surface area contributed by atoms with E-state index in [9.17, 15) is 13.6 Å². The molecule has 3 heterocycles. The molecule has 5 aromatic rings. The summed E-state index contributed by atoms with van der Waals surface area (Å²) in [5, 5.41) is 4.28. The fourth-order valence-corrected chi connectivity index (χ4v) is 4.14. The average Bonchev–Trinajstić information content (AvgIpc) is 3.42. The van der Waals surface area contributed by atoms with E-state index in [0.717, 1.165) is 12.1 Å². The largest absolute Gasteiger partial charge is 0.383 e. The Hall–Kier alpha value is -3.63. The summed E-state index contributed by atoms with van der Waals surface area (Å²) in [6, 6.07) is 7.94. The molecule has 2 aromatic carbocycles. The number of halogens is 3. The molecule has 8 nitrogen and oxygen atoms in total. The molecule has 0 saturated heterocycles. The van der Waals surface area contributed by atoms with Crippen molar-refractivity contribution in [3.05, 3.63) is 69.7 Å². The molecule has 0 fully saturated rings. The lowest BCUT2D eigenvalue weighted by atomic mass is 10.2. The minimum atomic E-state index is -0.851. The highest BCUT2D eigenvalue weighted by Gasteiger charge is 2.24. The van der Waals surface area contributed by atoms with E-state index < -0.39 is 11.6 Å². The zero-order valence-corrected chi connectivity index (χ0v) is 18.2. The maximum Gasteiger partial charge on any atom is 0.278 e. The second kappa shape index (κ2) is 8.05. The molecular formula is C22H16ClF2N5O3. The number of imidazole rings is 1. The Balaban J connectivity index is 1.76. The van der Waals surface area contributed by atoms with Crippen LogP contribution in [-0.2, 0) is 4.74 Å². The topological polar surface area (TPSA) is 87.5 Å². The molecular weight excluding hydrogens is 456 g/mol. The smallest absolute Gasteiger partial charge is 0.278 e. The van der Waals surface area contributed by atoms with Gasteiger partial charge in [0.25, 0.3) is 11.4 Å². The summed E-state index contributed by atoms with van der Waals surface area (Å²) in [7, 11) is 1.55. The zero-order chi connectivity index (χ0) is 23.3. The fourth-order valence-electron chi connectivity index (χ4n) is 3.88. The Morgan fingerprint density at radius 3 is 2.79 bits per heavy atom. The van der Waals surface area contributed by atoms with Gasteiger partial charge < -0.3 is 9.26 Å². The Labute approximate surface area is 190 Å². The molecule has 33 heavy (non-hydrogen) atoms. The van der Waals surface area contributed by atoms with E-state index in [4.69, 9.17) is 20.9 Å². The predicted octanol–water partition coefficient (Wildman–Crippen LogP) is 4.51. The summed E-state index contributed by atoms with van der Waals surface area (Å²) in [4.78, 5) is 22.2. The third-order valence-corrected chi connectivity index (χ3v) is 5.61. The SMILES string of the molecule is COCC(C)n1c(=O)c2c(-c3noc(-c4ccc(F)cc4F)n3)ncn2c2cccc(Cl)c21. The van der Waals surface area contributed by atoms with Crippen LogP contribution in [0.1, 0.15) is 13.0 Å². The molecule has 1 unspecified atom stereocenters. The maximum atomic E-state index is 14.2. The van der Waals surface area contributed by atoms with E-state index in [1.807, 2.05) is 13.0 Å². The van der Waals surface area contributed by atoms with Crippen LogP contribution in [0.4, 0.5) is 8.78 Å². The van der Waals surface area contributed by atoms with Crippen LogP contribution in [0.15, 0.2) is 52.0 Å². The van der Waals surface area contributed by atoms with Crippen LogP contribution in [0, 0.1) is 11.6 Å². The first kappa shape index (κ1) is 21.2. The van der Waals surface area contributed by atoms with Crippen molar-refractivity contribution in [2.45, 2.75) is 13.0 Å². The molecule has 168 valence electrons. The number of rotatable bonds is 5. The molecule has 5 rings (SSSR count). The van der Waals surface area contributed by atoms with Crippen molar-refractivity contribution in [3.8, 4) is 23.0 Å². The van der Waals surface area contributed by atoms with Crippen LogP contribution in [0.3, 0.4) is 0 Å². The van der Waals surface area contributed by atoms with Crippen molar-refractivity contribution >= 4 is 28.2 Å². The molecule has 0 N–H and O–H groups in total. The van der Waals surface area contributed by atoms with E-state index in [1.165, 1.54) is 12.4 Å². The van der Waals surface area contributed by atoms with Gasteiger partial charge in [-0.1, -0.05) is 22.8 Å². The van der Waals surface area contributed by atoms with E-state index in [1.54, 1.807) is 28.2 Å². The van der Waals surface area contributed by atoms with Gasteiger partial charge >= 0.3 is 0 Å². The van der Waals surface area contributed by atoms with E-state index >= 15 is 0 Å². The molecule has 0 amide bonds. The van der Waals surface area contributed by atoms with Crippen LogP contribution >= 0.6 is 11.6 Å². The molecule has 0 bridgehead atoms. The van der Waals surface area contributed by atoms with Crippen LogP contribution in [-0.4, -0.2) is 37.8 Å². The van der Waals surface area contributed by atoms with Crippen LogP contribution < -0.4 is 5.56 Å². The van der Waals surface area contributed by atoms with Gasteiger partial charge in [0, 0.05) is 13.2 Å². The number of nitrogens with zero attached hydrogens (tertiary/aromatic N) is 5. The van der Waals surface area contributed by atoms with E-state index in [2.05, 4.69) is 15.1 Å². The summed E-state index contributed by atoms with van der Waals surface area (Å²) in [5.41, 5.74) is 1.07. The lowest BCUT2D eigenvalue weighted by Crippen LogP contribution is -2.28. The third-order valence-electron chi connectivity index (χ3n) is 5.30.